The molecular formula is C8H9ClN2O2. The SMILES string of the molecule is N[C@@H](Cc1ccnc(Cl)c1)C(=O)O. The first-order chi connectivity index (χ1) is 6.09. The summed E-state index contributed by atoms with van der Waals surface area (Å²) < 4.78 is 0. The quantitative estimate of drug-likeness (QED) is 0.704. The number of nitrogens with two attached hydrogens (primary N) is 1. The third kappa shape index (κ3) is 3.01. The van der Waals surface area contributed by atoms with Gasteiger partial charge in [-0.1, -0.05) is 11.6 Å². The smallest absolute Gasteiger partial charge is 0.320 e. The molecule has 0 unspecified atom stereocenters. The highest BCUT2D eigenvalue weighted by molar-refractivity contribution is 6.29. The number of hydrogen-bond acceptors (Lipinski definition) is 3. The molecule has 5 heteroatoms. The monoisotopic (exact) mass is 200 g/mol. The van der Waals surface area contributed by atoms with E-state index in [0.717, 1.165) is 5.56 Å². The van der Waals surface area contributed by atoms with E-state index in [0.29, 0.717) is 5.15 Å². The minimum absolute atomic E-state index is 0.261. The van der Waals surface area contributed by atoms with Crippen molar-refractivity contribution >= 4 is 17.6 Å². The summed E-state index contributed by atoms with van der Waals surface area (Å²) in [5, 5.41) is 8.88. The van der Waals surface area contributed by atoms with E-state index >= 15 is 0 Å². The molecular weight excluding hydrogens is 192 g/mol. The zero-order valence-corrected chi connectivity index (χ0v) is 7.53. The lowest BCUT2D eigenvalue weighted by atomic mass is 10.1. The van der Waals surface area contributed by atoms with Crippen molar-refractivity contribution in [2.45, 2.75) is 12.5 Å². The molecule has 0 aliphatic carbocycles. The summed E-state index contributed by atoms with van der Waals surface area (Å²) >= 11 is 5.61. The number of aliphatic carboxylic acids is 1. The second-order valence-corrected chi connectivity index (χ2v) is 3.02. The van der Waals surface area contributed by atoms with Crippen molar-refractivity contribution in [1.29, 1.82) is 0 Å². The Bertz CT molecular complexity index is 317. The fourth-order valence-corrected chi connectivity index (χ4v) is 1.11. The Morgan fingerprint density at radius 1 is 1.77 bits per heavy atom. The van der Waals surface area contributed by atoms with Crippen molar-refractivity contribution in [3.63, 3.8) is 0 Å². The Labute approximate surface area is 80.3 Å². The fourth-order valence-electron chi connectivity index (χ4n) is 0.911. The molecule has 0 saturated heterocycles. The Hall–Kier alpha value is -1.13. The molecule has 0 aliphatic rings. The molecule has 1 aromatic heterocycles. The maximum atomic E-state index is 10.4. The van der Waals surface area contributed by atoms with Gasteiger partial charge in [-0.15, -0.1) is 0 Å². The van der Waals surface area contributed by atoms with Gasteiger partial charge < -0.3 is 10.8 Å². The summed E-state index contributed by atoms with van der Waals surface area (Å²) in [6.45, 7) is 0. The molecule has 1 atom stereocenters. The van der Waals surface area contributed by atoms with E-state index in [1.165, 1.54) is 6.20 Å². The molecule has 1 heterocycles. The zero-order chi connectivity index (χ0) is 9.84. The standard InChI is InChI=1S/C8H9ClN2O2/c9-7-4-5(1-2-11-7)3-6(10)8(12)13/h1-2,4,6H,3,10H2,(H,12,13)/t6-/m0/s1. The van der Waals surface area contributed by atoms with E-state index in [2.05, 4.69) is 4.98 Å². The molecule has 0 amide bonds. The van der Waals surface area contributed by atoms with Crippen LogP contribution in [0.3, 0.4) is 0 Å². The number of carboxylic acids is 1. The molecule has 0 bridgehead atoms. The summed E-state index contributed by atoms with van der Waals surface area (Å²) in [4.78, 5) is 14.2. The summed E-state index contributed by atoms with van der Waals surface area (Å²) in [5.41, 5.74) is 6.11. The van der Waals surface area contributed by atoms with Crippen molar-refractivity contribution in [1.82, 2.24) is 4.98 Å². The van der Waals surface area contributed by atoms with Crippen molar-refractivity contribution in [3.05, 3.63) is 29.0 Å². The first-order valence-electron chi connectivity index (χ1n) is 3.68. The molecule has 1 aromatic rings. The summed E-state index contributed by atoms with van der Waals surface area (Å²) in [6.07, 6.45) is 1.78. The Morgan fingerprint density at radius 3 is 3.00 bits per heavy atom. The van der Waals surface area contributed by atoms with E-state index in [1.807, 2.05) is 0 Å². The molecule has 70 valence electrons. The highest BCUT2D eigenvalue weighted by atomic mass is 35.5. The lowest BCUT2D eigenvalue weighted by molar-refractivity contribution is -0.138. The Kier molecular flexibility index (Phi) is 3.22. The van der Waals surface area contributed by atoms with E-state index < -0.39 is 12.0 Å². The van der Waals surface area contributed by atoms with Crippen LogP contribution in [-0.2, 0) is 11.2 Å². The molecule has 3 N–H and O–H groups in total. The van der Waals surface area contributed by atoms with Crippen LogP contribution >= 0.6 is 11.6 Å². The number of carbonyl (C=O) groups is 1. The van der Waals surface area contributed by atoms with Gasteiger partial charge in [-0.3, -0.25) is 4.79 Å². The average Bonchev–Trinajstić information content (AvgIpc) is 2.04. The number of carboxylic acid groups (broad SMARTS) is 1. The average molecular weight is 201 g/mol. The summed E-state index contributed by atoms with van der Waals surface area (Å²) in [5.74, 6) is -1.02. The van der Waals surface area contributed by atoms with Gasteiger partial charge in [0.2, 0.25) is 0 Å². The van der Waals surface area contributed by atoms with Gasteiger partial charge in [-0.25, -0.2) is 4.98 Å². The van der Waals surface area contributed by atoms with Gasteiger partial charge >= 0.3 is 5.97 Å². The molecule has 0 aliphatic heterocycles. The largest absolute Gasteiger partial charge is 0.480 e. The van der Waals surface area contributed by atoms with Crippen LogP contribution in [0.15, 0.2) is 18.3 Å². The van der Waals surface area contributed by atoms with Crippen molar-refractivity contribution in [2.75, 3.05) is 0 Å². The predicted molar refractivity (Wildman–Crippen MR) is 48.6 cm³/mol. The molecule has 0 aromatic carbocycles. The van der Waals surface area contributed by atoms with Crippen molar-refractivity contribution < 1.29 is 9.90 Å². The van der Waals surface area contributed by atoms with Crippen LogP contribution < -0.4 is 5.73 Å². The minimum Gasteiger partial charge on any atom is -0.480 e. The predicted octanol–water partition coefficient (Wildman–Crippen LogP) is 0.689. The highest BCUT2D eigenvalue weighted by Gasteiger charge is 2.11. The summed E-state index contributed by atoms with van der Waals surface area (Å²) in [7, 11) is 0. The van der Waals surface area contributed by atoms with Crippen LogP contribution in [-0.4, -0.2) is 22.1 Å². The van der Waals surface area contributed by atoms with Gasteiger partial charge in [0, 0.05) is 6.20 Å². The molecule has 0 radical (unpaired) electrons. The maximum absolute atomic E-state index is 10.4. The molecule has 13 heavy (non-hydrogen) atoms. The number of hydrogen-bond donors (Lipinski definition) is 2. The van der Waals surface area contributed by atoms with E-state index in [1.54, 1.807) is 12.1 Å². The maximum Gasteiger partial charge on any atom is 0.320 e. The minimum atomic E-state index is -1.02. The third-order valence-corrected chi connectivity index (χ3v) is 1.77. The van der Waals surface area contributed by atoms with Crippen LogP contribution in [0.1, 0.15) is 5.56 Å². The first-order valence-corrected chi connectivity index (χ1v) is 4.06. The van der Waals surface area contributed by atoms with Gasteiger partial charge in [0.1, 0.15) is 11.2 Å². The molecule has 0 spiro atoms. The molecule has 4 nitrogen and oxygen atoms in total. The van der Waals surface area contributed by atoms with E-state index in [-0.39, 0.29) is 6.42 Å². The topological polar surface area (TPSA) is 76.2 Å². The zero-order valence-electron chi connectivity index (χ0n) is 6.77. The Balaban J connectivity index is 2.69. The van der Waals surface area contributed by atoms with Crippen LogP contribution in [0.2, 0.25) is 5.15 Å². The first kappa shape index (κ1) is 9.95. The van der Waals surface area contributed by atoms with Crippen LogP contribution in [0.25, 0.3) is 0 Å². The number of halogens is 1. The number of nitrogens with zero attached hydrogens (tertiary/aromatic N) is 1. The summed E-state index contributed by atoms with van der Waals surface area (Å²) in [6, 6.07) is 2.40. The molecule has 0 fully saturated rings. The fraction of sp³-hybridized carbons (Fsp3) is 0.250. The van der Waals surface area contributed by atoms with Crippen LogP contribution in [0, 0.1) is 0 Å². The van der Waals surface area contributed by atoms with Gasteiger partial charge in [0.05, 0.1) is 0 Å². The van der Waals surface area contributed by atoms with Gasteiger partial charge in [0.15, 0.2) is 0 Å². The van der Waals surface area contributed by atoms with Gasteiger partial charge in [-0.05, 0) is 24.1 Å². The van der Waals surface area contributed by atoms with Gasteiger partial charge in [0.25, 0.3) is 0 Å². The lowest BCUT2D eigenvalue weighted by Gasteiger charge is -2.05. The van der Waals surface area contributed by atoms with E-state index in [4.69, 9.17) is 22.4 Å². The van der Waals surface area contributed by atoms with Crippen LogP contribution in [0.4, 0.5) is 0 Å². The van der Waals surface area contributed by atoms with Crippen LogP contribution in [0.5, 0.6) is 0 Å². The van der Waals surface area contributed by atoms with Crippen molar-refractivity contribution in [2.24, 2.45) is 5.73 Å². The van der Waals surface area contributed by atoms with Crippen molar-refractivity contribution in [3.8, 4) is 0 Å². The highest BCUT2D eigenvalue weighted by Crippen LogP contribution is 2.08. The molecule has 0 saturated carbocycles. The number of aromatic nitrogens is 1. The second-order valence-electron chi connectivity index (χ2n) is 2.64. The Morgan fingerprint density at radius 2 is 2.46 bits per heavy atom. The second kappa shape index (κ2) is 4.20. The normalized spacial score (nSPS) is 12.5. The third-order valence-electron chi connectivity index (χ3n) is 1.56. The lowest BCUT2D eigenvalue weighted by Crippen LogP contribution is -2.32. The van der Waals surface area contributed by atoms with Gasteiger partial charge in [-0.2, -0.15) is 0 Å². The van der Waals surface area contributed by atoms with E-state index in [9.17, 15) is 4.79 Å². The molecule has 1 rings (SSSR count). The number of pyridine rings is 1. The number of rotatable bonds is 3.